The summed E-state index contributed by atoms with van der Waals surface area (Å²) >= 11 is 5.97. The van der Waals surface area contributed by atoms with Crippen molar-refractivity contribution in [2.24, 2.45) is 0 Å². The van der Waals surface area contributed by atoms with Crippen LogP contribution in [0.5, 0.6) is 5.75 Å². The van der Waals surface area contributed by atoms with Crippen LogP contribution >= 0.6 is 11.6 Å². The molecule has 0 unspecified atom stereocenters. The molecular formula is C15H21ClO4. The van der Waals surface area contributed by atoms with E-state index >= 15 is 0 Å². The molecule has 20 heavy (non-hydrogen) atoms. The standard InChI is InChI=1S/C15H21ClO4/c1-3-4-7-19-8-9-20-11-14(17)12-5-6-15(18-2)13(16)10-12/h5-6,10H,3-4,7-9,11H2,1-2H3. The van der Waals surface area contributed by atoms with Gasteiger partial charge in [0.05, 0.1) is 25.3 Å². The van der Waals surface area contributed by atoms with E-state index in [-0.39, 0.29) is 12.4 Å². The van der Waals surface area contributed by atoms with Crippen molar-refractivity contribution in [3.8, 4) is 5.75 Å². The molecule has 0 amide bonds. The quantitative estimate of drug-likeness (QED) is 0.491. The molecule has 0 bridgehead atoms. The molecule has 0 radical (unpaired) electrons. The number of hydrogen-bond donors (Lipinski definition) is 0. The fourth-order valence-electron chi connectivity index (χ4n) is 1.55. The fraction of sp³-hybridized carbons (Fsp3) is 0.533. The first-order valence-electron chi connectivity index (χ1n) is 6.71. The first kappa shape index (κ1) is 17.0. The number of carbonyl (C=O) groups is 1. The highest BCUT2D eigenvalue weighted by molar-refractivity contribution is 6.32. The van der Waals surface area contributed by atoms with Crippen molar-refractivity contribution in [1.29, 1.82) is 0 Å². The Hall–Kier alpha value is -1.10. The molecule has 0 spiro atoms. The van der Waals surface area contributed by atoms with Gasteiger partial charge in [-0.15, -0.1) is 0 Å². The van der Waals surface area contributed by atoms with E-state index in [1.165, 1.54) is 7.11 Å². The average molecular weight is 301 g/mol. The minimum Gasteiger partial charge on any atom is -0.495 e. The zero-order valence-corrected chi connectivity index (χ0v) is 12.7. The van der Waals surface area contributed by atoms with Gasteiger partial charge in [-0.25, -0.2) is 0 Å². The zero-order chi connectivity index (χ0) is 14.8. The molecule has 0 saturated carbocycles. The molecule has 0 aliphatic rings. The van der Waals surface area contributed by atoms with E-state index in [0.717, 1.165) is 19.4 Å². The summed E-state index contributed by atoms with van der Waals surface area (Å²) in [5.41, 5.74) is 0.516. The fourth-order valence-corrected chi connectivity index (χ4v) is 1.81. The Balaban J connectivity index is 2.27. The van der Waals surface area contributed by atoms with Crippen LogP contribution in [0.15, 0.2) is 18.2 Å². The molecule has 1 aromatic rings. The van der Waals surface area contributed by atoms with Gasteiger partial charge in [0.1, 0.15) is 12.4 Å². The van der Waals surface area contributed by atoms with Crippen molar-refractivity contribution in [1.82, 2.24) is 0 Å². The topological polar surface area (TPSA) is 44.8 Å². The number of methoxy groups -OCH3 is 1. The number of rotatable bonds is 10. The number of ether oxygens (including phenoxy) is 3. The summed E-state index contributed by atoms with van der Waals surface area (Å²) in [7, 11) is 1.53. The highest BCUT2D eigenvalue weighted by Gasteiger charge is 2.09. The van der Waals surface area contributed by atoms with Gasteiger partial charge in [-0.2, -0.15) is 0 Å². The third kappa shape index (κ3) is 5.90. The number of unbranched alkanes of at least 4 members (excludes halogenated alkanes) is 1. The average Bonchev–Trinajstić information content (AvgIpc) is 2.46. The Labute approximate surface area is 125 Å². The highest BCUT2D eigenvalue weighted by atomic mass is 35.5. The van der Waals surface area contributed by atoms with Crippen LogP contribution in [0.4, 0.5) is 0 Å². The highest BCUT2D eigenvalue weighted by Crippen LogP contribution is 2.25. The molecule has 0 heterocycles. The largest absolute Gasteiger partial charge is 0.495 e. The summed E-state index contributed by atoms with van der Waals surface area (Å²) in [5, 5.41) is 0.418. The Morgan fingerprint density at radius 3 is 2.60 bits per heavy atom. The predicted molar refractivity (Wildman–Crippen MR) is 78.9 cm³/mol. The van der Waals surface area contributed by atoms with Crippen molar-refractivity contribution in [2.75, 3.05) is 33.5 Å². The minimum absolute atomic E-state index is 0.0276. The Morgan fingerprint density at radius 2 is 1.95 bits per heavy atom. The van der Waals surface area contributed by atoms with Crippen LogP contribution in [-0.4, -0.2) is 39.3 Å². The van der Waals surface area contributed by atoms with Gasteiger partial charge in [-0.3, -0.25) is 4.79 Å². The summed E-state index contributed by atoms with van der Waals surface area (Å²) < 4.78 is 15.6. The third-order valence-electron chi connectivity index (χ3n) is 2.72. The van der Waals surface area contributed by atoms with Gasteiger partial charge in [0.25, 0.3) is 0 Å². The summed E-state index contributed by atoms with van der Waals surface area (Å²) in [6.07, 6.45) is 2.15. The SMILES string of the molecule is CCCCOCCOCC(=O)c1ccc(OC)c(Cl)c1. The van der Waals surface area contributed by atoms with Crippen LogP contribution < -0.4 is 4.74 Å². The number of carbonyl (C=O) groups excluding carboxylic acids is 1. The second-order valence-corrected chi connectivity index (χ2v) is 4.70. The zero-order valence-electron chi connectivity index (χ0n) is 12.0. The van der Waals surface area contributed by atoms with Crippen molar-refractivity contribution in [3.63, 3.8) is 0 Å². The monoisotopic (exact) mass is 300 g/mol. The van der Waals surface area contributed by atoms with Gasteiger partial charge in [-0.1, -0.05) is 24.9 Å². The van der Waals surface area contributed by atoms with Gasteiger partial charge in [0.2, 0.25) is 0 Å². The van der Waals surface area contributed by atoms with Crippen LogP contribution in [0, 0.1) is 0 Å². The van der Waals surface area contributed by atoms with E-state index in [1.54, 1.807) is 18.2 Å². The van der Waals surface area contributed by atoms with Crippen LogP contribution in [0.25, 0.3) is 0 Å². The second kappa shape index (κ2) is 9.75. The first-order valence-corrected chi connectivity index (χ1v) is 7.09. The maximum Gasteiger partial charge on any atom is 0.188 e. The van der Waals surface area contributed by atoms with Gasteiger partial charge in [0, 0.05) is 12.2 Å². The van der Waals surface area contributed by atoms with Gasteiger partial charge < -0.3 is 14.2 Å². The minimum atomic E-state index is -0.108. The number of ketones is 1. The van der Waals surface area contributed by atoms with Gasteiger partial charge >= 0.3 is 0 Å². The maximum atomic E-state index is 11.9. The molecular weight excluding hydrogens is 280 g/mol. The maximum absolute atomic E-state index is 11.9. The normalized spacial score (nSPS) is 10.6. The van der Waals surface area contributed by atoms with Crippen molar-refractivity contribution in [3.05, 3.63) is 28.8 Å². The van der Waals surface area contributed by atoms with Crippen molar-refractivity contribution in [2.45, 2.75) is 19.8 Å². The van der Waals surface area contributed by atoms with Crippen molar-refractivity contribution >= 4 is 17.4 Å². The van der Waals surface area contributed by atoms with Crippen molar-refractivity contribution < 1.29 is 19.0 Å². The Morgan fingerprint density at radius 1 is 1.20 bits per heavy atom. The van der Waals surface area contributed by atoms with Crippen LogP contribution in [-0.2, 0) is 9.47 Å². The molecule has 0 aliphatic carbocycles. The molecule has 0 aliphatic heterocycles. The Bertz CT molecular complexity index is 420. The molecule has 5 heteroatoms. The van der Waals surface area contributed by atoms with Gasteiger partial charge in [-0.05, 0) is 24.6 Å². The number of benzene rings is 1. The van der Waals surface area contributed by atoms with E-state index in [0.29, 0.717) is 29.5 Å². The molecule has 112 valence electrons. The first-order chi connectivity index (χ1) is 9.69. The smallest absolute Gasteiger partial charge is 0.188 e. The lowest BCUT2D eigenvalue weighted by molar-refractivity contribution is 0.0432. The predicted octanol–water partition coefficient (Wildman–Crippen LogP) is 3.36. The lowest BCUT2D eigenvalue weighted by atomic mass is 10.1. The van der Waals surface area contributed by atoms with E-state index in [2.05, 4.69) is 6.92 Å². The molecule has 0 aromatic heterocycles. The summed E-state index contributed by atoms with van der Waals surface area (Å²) in [4.78, 5) is 11.9. The molecule has 0 saturated heterocycles. The number of halogens is 1. The second-order valence-electron chi connectivity index (χ2n) is 4.29. The van der Waals surface area contributed by atoms with E-state index in [1.807, 2.05) is 0 Å². The number of hydrogen-bond acceptors (Lipinski definition) is 4. The summed E-state index contributed by atoms with van der Waals surface area (Å²) in [6, 6.07) is 4.93. The summed E-state index contributed by atoms with van der Waals surface area (Å²) in [5.74, 6) is 0.441. The van der Waals surface area contributed by atoms with E-state index < -0.39 is 0 Å². The number of Topliss-reactive ketones (excluding diaryl/α,β-unsaturated/α-hetero) is 1. The lowest BCUT2D eigenvalue weighted by Gasteiger charge is -2.07. The molecule has 0 atom stereocenters. The third-order valence-corrected chi connectivity index (χ3v) is 3.02. The molecule has 0 N–H and O–H groups in total. The van der Waals surface area contributed by atoms with Crippen LogP contribution in [0.1, 0.15) is 30.1 Å². The summed E-state index contributed by atoms with van der Waals surface area (Å²) in [6.45, 7) is 3.80. The molecule has 1 rings (SSSR count). The molecule has 1 aromatic carbocycles. The van der Waals surface area contributed by atoms with E-state index in [4.69, 9.17) is 25.8 Å². The Kier molecular flexibility index (Phi) is 8.26. The van der Waals surface area contributed by atoms with E-state index in [9.17, 15) is 4.79 Å². The molecule has 4 nitrogen and oxygen atoms in total. The van der Waals surface area contributed by atoms with Crippen LogP contribution in [0.2, 0.25) is 5.02 Å². The lowest BCUT2D eigenvalue weighted by Crippen LogP contribution is -2.13. The van der Waals surface area contributed by atoms with Gasteiger partial charge in [0.15, 0.2) is 5.78 Å². The molecule has 0 fully saturated rings. The van der Waals surface area contributed by atoms with Crippen LogP contribution in [0.3, 0.4) is 0 Å².